The summed E-state index contributed by atoms with van der Waals surface area (Å²) in [6, 6.07) is 12.8. The summed E-state index contributed by atoms with van der Waals surface area (Å²) in [4.78, 5) is 37.0. The van der Waals surface area contributed by atoms with Crippen LogP contribution in [0.4, 0.5) is 11.4 Å². The molecule has 0 unspecified atom stereocenters. The Morgan fingerprint density at radius 1 is 0.963 bits per heavy atom. The van der Waals surface area contributed by atoms with Gasteiger partial charge in [0.2, 0.25) is 17.7 Å². The van der Waals surface area contributed by atoms with Gasteiger partial charge in [0.25, 0.3) is 0 Å². The highest BCUT2D eigenvalue weighted by Crippen LogP contribution is 2.18. The van der Waals surface area contributed by atoms with Gasteiger partial charge in [0.05, 0.1) is 13.0 Å². The van der Waals surface area contributed by atoms with Gasteiger partial charge in [0.1, 0.15) is 0 Å². The van der Waals surface area contributed by atoms with Crippen LogP contribution >= 0.6 is 0 Å². The number of carbonyl (C=O) groups is 3. The van der Waals surface area contributed by atoms with E-state index in [-0.39, 0.29) is 30.7 Å². The van der Waals surface area contributed by atoms with Crippen molar-refractivity contribution in [2.24, 2.45) is 0 Å². The number of rotatable bonds is 6. The summed E-state index contributed by atoms with van der Waals surface area (Å²) in [5.41, 5.74) is 4.37. The van der Waals surface area contributed by atoms with Crippen LogP contribution in [0.3, 0.4) is 0 Å². The van der Waals surface area contributed by atoms with Gasteiger partial charge in [-0.2, -0.15) is 0 Å². The Kier molecular flexibility index (Phi) is 6.71. The summed E-state index contributed by atoms with van der Waals surface area (Å²) < 4.78 is 0. The largest absolute Gasteiger partial charge is 0.336 e. The summed E-state index contributed by atoms with van der Waals surface area (Å²) in [6.45, 7) is 5.36. The second-order valence-electron chi connectivity index (χ2n) is 6.60. The predicted molar refractivity (Wildman–Crippen MR) is 107 cm³/mol. The number of hydrogen-bond acceptors (Lipinski definition) is 3. The first-order chi connectivity index (χ1) is 12.8. The van der Waals surface area contributed by atoms with Crippen LogP contribution < -0.4 is 10.6 Å². The zero-order valence-electron chi connectivity index (χ0n) is 16.1. The molecule has 2 N–H and O–H groups in total. The van der Waals surface area contributed by atoms with Crippen LogP contribution in [0.25, 0.3) is 0 Å². The smallest absolute Gasteiger partial charge is 0.243 e. The van der Waals surface area contributed by atoms with E-state index in [1.54, 1.807) is 31.3 Å². The minimum Gasteiger partial charge on any atom is -0.336 e. The van der Waals surface area contributed by atoms with Gasteiger partial charge >= 0.3 is 0 Å². The number of hydrogen-bond donors (Lipinski definition) is 2. The maximum atomic E-state index is 12.4. The van der Waals surface area contributed by atoms with Crippen LogP contribution in [0.2, 0.25) is 0 Å². The van der Waals surface area contributed by atoms with Crippen LogP contribution in [0.5, 0.6) is 0 Å². The average Bonchev–Trinajstić information content (AvgIpc) is 2.60. The summed E-state index contributed by atoms with van der Waals surface area (Å²) in [6.07, 6.45) is 0.188. The molecule has 0 radical (unpaired) electrons. The van der Waals surface area contributed by atoms with Crippen molar-refractivity contribution in [1.82, 2.24) is 4.90 Å². The maximum absolute atomic E-state index is 12.4. The van der Waals surface area contributed by atoms with E-state index in [0.29, 0.717) is 5.69 Å². The fourth-order valence-electron chi connectivity index (χ4n) is 2.60. The molecule has 0 fully saturated rings. The highest BCUT2D eigenvalue weighted by molar-refractivity contribution is 5.95. The van der Waals surface area contributed by atoms with Gasteiger partial charge in [-0.25, -0.2) is 0 Å². The lowest BCUT2D eigenvalue weighted by molar-refractivity contribution is -0.132. The monoisotopic (exact) mass is 367 g/mol. The molecule has 2 aromatic carbocycles. The van der Waals surface area contributed by atoms with E-state index < -0.39 is 0 Å². The summed E-state index contributed by atoms with van der Waals surface area (Å²) in [5.74, 6) is -0.535. The van der Waals surface area contributed by atoms with Crippen molar-refractivity contribution in [3.63, 3.8) is 0 Å². The van der Waals surface area contributed by atoms with Crippen LogP contribution in [0.15, 0.2) is 42.5 Å². The van der Waals surface area contributed by atoms with Crippen molar-refractivity contribution < 1.29 is 14.4 Å². The molecule has 2 aromatic rings. The number of carbonyl (C=O) groups excluding carboxylic acids is 3. The van der Waals surface area contributed by atoms with Crippen molar-refractivity contribution in [2.45, 2.75) is 27.2 Å². The molecule has 6 nitrogen and oxygen atoms in total. The quantitative estimate of drug-likeness (QED) is 0.824. The number of benzene rings is 2. The Morgan fingerprint density at radius 3 is 2.26 bits per heavy atom. The normalized spacial score (nSPS) is 10.2. The van der Waals surface area contributed by atoms with Gasteiger partial charge in [0, 0.05) is 25.3 Å². The lowest BCUT2D eigenvalue weighted by atomic mass is 10.1. The Balaban J connectivity index is 1.90. The molecule has 0 aromatic heterocycles. The van der Waals surface area contributed by atoms with Crippen LogP contribution in [0, 0.1) is 13.8 Å². The third kappa shape index (κ3) is 5.95. The van der Waals surface area contributed by atoms with Gasteiger partial charge in [0.15, 0.2) is 0 Å². The predicted octanol–water partition coefficient (Wildman–Crippen LogP) is 2.90. The highest BCUT2D eigenvalue weighted by atomic mass is 16.2. The van der Waals surface area contributed by atoms with Crippen LogP contribution in [-0.2, 0) is 20.8 Å². The first-order valence-corrected chi connectivity index (χ1v) is 8.73. The van der Waals surface area contributed by atoms with Crippen molar-refractivity contribution in [1.29, 1.82) is 0 Å². The molecule has 0 aliphatic heterocycles. The van der Waals surface area contributed by atoms with Crippen molar-refractivity contribution in [3.8, 4) is 0 Å². The molecule has 0 heterocycles. The third-order valence-electron chi connectivity index (χ3n) is 4.31. The molecule has 0 atom stereocenters. The second-order valence-corrected chi connectivity index (χ2v) is 6.60. The lowest BCUT2D eigenvalue weighted by Crippen LogP contribution is -2.35. The fourth-order valence-corrected chi connectivity index (χ4v) is 2.60. The Hall–Kier alpha value is -3.15. The molecular weight excluding hydrogens is 342 g/mol. The van der Waals surface area contributed by atoms with E-state index in [2.05, 4.69) is 10.6 Å². The molecule has 142 valence electrons. The number of anilines is 2. The van der Waals surface area contributed by atoms with Gasteiger partial charge < -0.3 is 15.5 Å². The van der Waals surface area contributed by atoms with Crippen molar-refractivity contribution in [2.75, 3.05) is 24.2 Å². The van der Waals surface area contributed by atoms with E-state index in [4.69, 9.17) is 0 Å². The van der Waals surface area contributed by atoms with Crippen molar-refractivity contribution >= 4 is 29.1 Å². The molecule has 0 aliphatic carbocycles. The zero-order chi connectivity index (χ0) is 20.0. The van der Waals surface area contributed by atoms with Gasteiger partial charge in [-0.05, 0) is 48.7 Å². The Morgan fingerprint density at radius 2 is 1.63 bits per heavy atom. The molecular formula is C21H25N3O3. The molecule has 0 saturated carbocycles. The molecule has 6 heteroatoms. The number of aryl methyl sites for hydroxylation is 1. The SMILES string of the molecule is CC(=O)Nc1ccc(CC(=O)N(C)CC(=O)Nc2cccc(C)c2C)cc1. The molecule has 0 bridgehead atoms. The van der Waals surface area contributed by atoms with Crippen molar-refractivity contribution in [3.05, 3.63) is 59.2 Å². The number of amides is 3. The van der Waals surface area contributed by atoms with Gasteiger partial charge in [-0.3, -0.25) is 14.4 Å². The van der Waals surface area contributed by atoms with E-state index in [0.717, 1.165) is 22.4 Å². The topological polar surface area (TPSA) is 78.5 Å². The summed E-state index contributed by atoms with van der Waals surface area (Å²) in [7, 11) is 1.61. The van der Waals surface area contributed by atoms with E-state index in [1.165, 1.54) is 11.8 Å². The minimum atomic E-state index is -0.236. The van der Waals surface area contributed by atoms with Crippen LogP contribution in [-0.4, -0.2) is 36.2 Å². The Bertz CT molecular complexity index is 844. The Labute approximate surface area is 159 Å². The summed E-state index contributed by atoms with van der Waals surface area (Å²) in [5, 5.41) is 5.53. The van der Waals surface area contributed by atoms with E-state index >= 15 is 0 Å². The molecule has 0 spiro atoms. The second kappa shape index (κ2) is 8.98. The van der Waals surface area contributed by atoms with E-state index in [1.807, 2.05) is 32.0 Å². The third-order valence-corrected chi connectivity index (χ3v) is 4.31. The zero-order valence-corrected chi connectivity index (χ0v) is 16.1. The number of nitrogens with zero attached hydrogens (tertiary/aromatic N) is 1. The fraction of sp³-hybridized carbons (Fsp3) is 0.286. The number of nitrogens with one attached hydrogen (secondary N) is 2. The molecule has 27 heavy (non-hydrogen) atoms. The van der Waals surface area contributed by atoms with Gasteiger partial charge in [-0.1, -0.05) is 24.3 Å². The standard InChI is InChI=1S/C21H25N3O3/c1-14-6-5-7-19(15(14)2)23-20(26)13-24(4)21(27)12-17-8-10-18(11-9-17)22-16(3)25/h5-11H,12-13H2,1-4H3,(H,22,25)(H,23,26). The first-order valence-electron chi connectivity index (χ1n) is 8.73. The molecule has 0 aliphatic rings. The van der Waals surface area contributed by atoms with Gasteiger partial charge in [-0.15, -0.1) is 0 Å². The molecule has 2 rings (SSSR count). The lowest BCUT2D eigenvalue weighted by Gasteiger charge is -2.18. The molecule has 3 amide bonds. The molecule has 0 saturated heterocycles. The summed E-state index contributed by atoms with van der Waals surface area (Å²) >= 11 is 0. The highest BCUT2D eigenvalue weighted by Gasteiger charge is 2.14. The first kappa shape index (κ1) is 20.2. The minimum absolute atomic E-state index is 0.0177. The average molecular weight is 367 g/mol. The maximum Gasteiger partial charge on any atom is 0.243 e. The number of likely N-dealkylation sites (N-methyl/N-ethyl adjacent to an activating group) is 1. The van der Waals surface area contributed by atoms with E-state index in [9.17, 15) is 14.4 Å². The van der Waals surface area contributed by atoms with Crippen LogP contribution in [0.1, 0.15) is 23.6 Å².